The van der Waals surface area contributed by atoms with E-state index in [1.165, 1.54) is 10.7 Å². The zero-order valence-corrected chi connectivity index (χ0v) is 14.8. The van der Waals surface area contributed by atoms with Crippen LogP contribution in [0.3, 0.4) is 0 Å². The van der Waals surface area contributed by atoms with Crippen molar-refractivity contribution in [3.8, 4) is 5.69 Å². The molecule has 2 aromatic carbocycles. The largest absolute Gasteiger partial charge is 0.273 e. The van der Waals surface area contributed by atoms with Crippen LogP contribution in [0.25, 0.3) is 5.69 Å². The Morgan fingerprint density at radius 1 is 1.15 bits per heavy atom. The third-order valence-corrected chi connectivity index (χ3v) is 4.86. The van der Waals surface area contributed by atoms with Crippen LogP contribution in [-0.2, 0) is 10.0 Å². The molecule has 0 radical (unpaired) electrons. The number of carbonyl (C=O) groups is 1. The number of sulfonamides is 1. The molecule has 0 aliphatic rings. The first-order chi connectivity index (χ1) is 12.8. The van der Waals surface area contributed by atoms with Crippen molar-refractivity contribution in [2.24, 2.45) is 0 Å². The molecule has 27 heavy (non-hydrogen) atoms. The maximum absolute atomic E-state index is 13.7. The fraction of sp³-hybridized carbons (Fsp3) is 0.0588. The van der Waals surface area contributed by atoms with Crippen LogP contribution < -0.4 is 10.3 Å². The van der Waals surface area contributed by atoms with Gasteiger partial charge in [-0.2, -0.15) is 5.10 Å². The highest BCUT2D eigenvalue weighted by Gasteiger charge is 2.22. The Bertz CT molecular complexity index is 1100. The molecular weight excluding hydrogens is 378 g/mol. The van der Waals surface area contributed by atoms with Crippen LogP contribution in [0.15, 0.2) is 59.8 Å². The van der Waals surface area contributed by atoms with Crippen molar-refractivity contribution in [1.82, 2.24) is 20.0 Å². The quantitative estimate of drug-likeness (QED) is 0.650. The molecule has 0 aliphatic heterocycles. The van der Waals surface area contributed by atoms with Crippen LogP contribution in [0.2, 0.25) is 0 Å². The molecular formula is C17H14F2N4O3S. The average Bonchev–Trinajstić information content (AvgIpc) is 3.16. The second kappa shape index (κ2) is 7.25. The molecule has 10 heteroatoms. The first-order valence-electron chi connectivity index (χ1n) is 7.66. The van der Waals surface area contributed by atoms with Gasteiger partial charge in [0.05, 0.1) is 5.69 Å². The molecule has 1 heterocycles. The molecule has 1 amide bonds. The molecule has 0 spiro atoms. The predicted octanol–water partition coefficient (Wildman–Crippen LogP) is 2.08. The van der Waals surface area contributed by atoms with E-state index in [-0.39, 0.29) is 5.56 Å². The lowest BCUT2D eigenvalue weighted by atomic mass is 10.1. The summed E-state index contributed by atoms with van der Waals surface area (Å²) >= 11 is 0. The molecule has 3 aromatic rings. The lowest BCUT2D eigenvalue weighted by molar-refractivity contribution is 0.0945. The monoisotopic (exact) mass is 392 g/mol. The van der Waals surface area contributed by atoms with Gasteiger partial charge in [0.1, 0.15) is 4.90 Å². The molecule has 2 N–H and O–H groups in total. The summed E-state index contributed by atoms with van der Waals surface area (Å²) in [6, 6.07) is 9.27. The van der Waals surface area contributed by atoms with Crippen LogP contribution in [0.5, 0.6) is 0 Å². The molecule has 0 aliphatic carbocycles. The van der Waals surface area contributed by atoms with Crippen molar-refractivity contribution >= 4 is 15.9 Å². The van der Waals surface area contributed by atoms with Crippen molar-refractivity contribution in [3.63, 3.8) is 0 Å². The van der Waals surface area contributed by atoms with Gasteiger partial charge in [0, 0.05) is 18.0 Å². The Balaban J connectivity index is 1.81. The summed E-state index contributed by atoms with van der Waals surface area (Å²) in [5, 5.41) is 4.07. The normalized spacial score (nSPS) is 11.4. The van der Waals surface area contributed by atoms with Crippen molar-refractivity contribution in [2.45, 2.75) is 11.8 Å². The van der Waals surface area contributed by atoms with Gasteiger partial charge in [-0.3, -0.25) is 10.2 Å². The number of nitrogens with one attached hydrogen (secondary N) is 2. The van der Waals surface area contributed by atoms with Crippen LogP contribution >= 0.6 is 0 Å². The highest BCUT2D eigenvalue weighted by molar-refractivity contribution is 7.89. The van der Waals surface area contributed by atoms with E-state index in [9.17, 15) is 22.0 Å². The number of aryl methyl sites for hydroxylation is 1. The van der Waals surface area contributed by atoms with Crippen LogP contribution in [0.1, 0.15) is 15.9 Å². The minimum atomic E-state index is -4.49. The van der Waals surface area contributed by atoms with E-state index in [4.69, 9.17) is 0 Å². The van der Waals surface area contributed by atoms with E-state index < -0.39 is 32.5 Å². The number of aromatic nitrogens is 2. The summed E-state index contributed by atoms with van der Waals surface area (Å²) in [4.78, 5) is 13.2. The molecule has 3 rings (SSSR count). The number of amides is 1. The van der Waals surface area contributed by atoms with Gasteiger partial charge in [-0.25, -0.2) is 21.9 Å². The molecule has 7 nitrogen and oxygen atoms in total. The lowest BCUT2D eigenvalue weighted by Crippen LogP contribution is -2.42. The van der Waals surface area contributed by atoms with Gasteiger partial charge >= 0.3 is 0 Å². The lowest BCUT2D eigenvalue weighted by Gasteiger charge is -2.11. The Morgan fingerprint density at radius 2 is 1.93 bits per heavy atom. The average molecular weight is 392 g/mol. The Morgan fingerprint density at radius 3 is 2.63 bits per heavy atom. The SMILES string of the molecule is Cc1cc(C(=O)NNS(=O)(=O)c2cccc(F)c2F)cc(-n2cccn2)c1. The van der Waals surface area contributed by atoms with Crippen LogP contribution in [0.4, 0.5) is 8.78 Å². The zero-order valence-electron chi connectivity index (χ0n) is 14.0. The first-order valence-corrected chi connectivity index (χ1v) is 9.14. The number of halogens is 2. The van der Waals surface area contributed by atoms with Crippen molar-refractivity contribution < 1.29 is 22.0 Å². The summed E-state index contributed by atoms with van der Waals surface area (Å²) in [6.45, 7) is 1.76. The van der Waals surface area contributed by atoms with Gasteiger partial charge in [0.25, 0.3) is 15.9 Å². The van der Waals surface area contributed by atoms with E-state index in [2.05, 4.69) is 5.10 Å². The van der Waals surface area contributed by atoms with E-state index in [0.717, 1.165) is 23.8 Å². The number of carbonyl (C=O) groups excluding carboxylic acids is 1. The minimum Gasteiger partial charge on any atom is -0.273 e. The molecule has 0 saturated carbocycles. The number of hydrogen-bond acceptors (Lipinski definition) is 4. The van der Waals surface area contributed by atoms with E-state index >= 15 is 0 Å². The van der Waals surface area contributed by atoms with Gasteiger partial charge < -0.3 is 0 Å². The van der Waals surface area contributed by atoms with Gasteiger partial charge in [-0.1, -0.05) is 6.07 Å². The Hall–Kier alpha value is -3.11. The molecule has 0 saturated heterocycles. The van der Waals surface area contributed by atoms with E-state index in [1.54, 1.807) is 42.3 Å². The molecule has 1 aromatic heterocycles. The Labute approximate surface area is 153 Å². The first kappa shape index (κ1) is 18.7. The fourth-order valence-electron chi connectivity index (χ4n) is 2.38. The van der Waals surface area contributed by atoms with Crippen molar-refractivity contribution in [3.05, 3.63) is 77.6 Å². The van der Waals surface area contributed by atoms with Gasteiger partial charge in [0.2, 0.25) is 0 Å². The zero-order chi connectivity index (χ0) is 19.6. The Kier molecular flexibility index (Phi) is 5.02. The van der Waals surface area contributed by atoms with Crippen LogP contribution in [-0.4, -0.2) is 24.1 Å². The second-order valence-corrected chi connectivity index (χ2v) is 7.27. The molecule has 0 fully saturated rings. The second-order valence-electron chi connectivity index (χ2n) is 5.62. The van der Waals surface area contributed by atoms with Gasteiger partial charge in [0.15, 0.2) is 11.6 Å². The molecule has 0 atom stereocenters. The van der Waals surface area contributed by atoms with Crippen LogP contribution in [0, 0.1) is 18.6 Å². The van der Waals surface area contributed by atoms with Gasteiger partial charge in [-0.05, 0) is 48.9 Å². The third-order valence-electron chi connectivity index (χ3n) is 3.60. The predicted molar refractivity (Wildman–Crippen MR) is 92.4 cm³/mol. The highest BCUT2D eigenvalue weighted by atomic mass is 32.2. The van der Waals surface area contributed by atoms with Crippen molar-refractivity contribution in [2.75, 3.05) is 0 Å². The molecule has 140 valence electrons. The summed E-state index contributed by atoms with van der Waals surface area (Å²) in [5.74, 6) is -3.62. The minimum absolute atomic E-state index is 0.155. The smallest absolute Gasteiger partial charge is 0.266 e. The summed E-state index contributed by atoms with van der Waals surface area (Å²) in [7, 11) is -4.49. The van der Waals surface area contributed by atoms with E-state index in [0.29, 0.717) is 5.69 Å². The number of benzene rings is 2. The van der Waals surface area contributed by atoms with Crippen molar-refractivity contribution in [1.29, 1.82) is 0 Å². The maximum Gasteiger partial charge on any atom is 0.266 e. The fourth-order valence-corrected chi connectivity index (χ4v) is 3.31. The van der Waals surface area contributed by atoms with Gasteiger partial charge in [-0.15, -0.1) is 4.83 Å². The van der Waals surface area contributed by atoms with E-state index in [1.807, 2.05) is 5.43 Å². The summed E-state index contributed by atoms with van der Waals surface area (Å²) in [6.07, 6.45) is 3.26. The maximum atomic E-state index is 13.7. The number of hydrogen-bond donors (Lipinski definition) is 2. The topological polar surface area (TPSA) is 93.1 Å². The number of rotatable bonds is 5. The summed E-state index contributed by atoms with van der Waals surface area (Å²) < 4.78 is 52.7. The third kappa shape index (κ3) is 4.01. The molecule has 0 bridgehead atoms. The molecule has 0 unspecified atom stereocenters. The number of hydrazine groups is 1. The summed E-state index contributed by atoms with van der Waals surface area (Å²) in [5.41, 5.74) is 3.49. The highest BCUT2D eigenvalue weighted by Crippen LogP contribution is 2.17. The standard InChI is InChI=1S/C17H14F2N4O3S/c1-11-8-12(10-13(9-11)23-7-3-6-20-23)17(24)21-22-27(25,26)15-5-2-4-14(18)16(15)19/h2-10,22H,1H3,(H,21,24). The number of nitrogens with zero attached hydrogens (tertiary/aromatic N) is 2.